The Hall–Kier alpha value is -2.15. The first-order chi connectivity index (χ1) is 14.0. The molecule has 156 valence electrons. The van der Waals surface area contributed by atoms with Gasteiger partial charge in [0.1, 0.15) is 6.61 Å². The van der Waals surface area contributed by atoms with Gasteiger partial charge in [-0.25, -0.2) is 4.98 Å². The Balaban J connectivity index is 1.85. The summed E-state index contributed by atoms with van der Waals surface area (Å²) in [6.45, 7) is 2.24. The molecule has 1 aliphatic carbocycles. The van der Waals surface area contributed by atoms with Crippen LogP contribution in [0.5, 0.6) is 5.88 Å². The van der Waals surface area contributed by atoms with Crippen LogP contribution >= 0.6 is 11.6 Å². The summed E-state index contributed by atoms with van der Waals surface area (Å²) in [6.07, 6.45) is 4.38. The highest BCUT2D eigenvalue weighted by Gasteiger charge is 2.25. The number of nitrogens with zero attached hydrogens (tertiary/aromatic N) is 1. The summed E-state index contributed by atoms with van der Waals surface area (Å²) < 4.78 is 11.1. The predicted octanol–water partition coefficient (Wildman–Crippen LogP) is 3.85. The van der Waals surface area contributed by atoms with Crippen LogP contribution in [0.25, 0.3) is 11.1 Å². The molecule has 0 radical (unpaired) electrons. The van der Waals surface area contributed by atoms with Crippen molar-refractivity contribution in [2.24, 2.45) is 0 Å². The summed E-state index contributed by atoms with van der Waals surface area (Å²) in [7, 11) is 1.62. The number of methoxy groups -OCH3 is 1. The van der Waals surface area contributed by atoms with Crippen LogP contribution in [0.15, 0.2) is 36.5 Å². The van der Waals surface area contributed by atoms with E-state index in [0.717, 1.165) is 24.8 Å². The van der Waals surface area contributed by atoms with Crippen LogP contribution in [-0.2, 0) is 4.74 Å². The number of nitrogens with one attached hydrogen (secondary N) is 1. The van der Waals surface area contributed by atoms with Gasteiger partial charge in [0, 0.05) is 23.9 Å². The first-order valence-electron chi connectivity index (χ1n) is 9.88. The van der Waals surface area contributed by atoms with E-state index in [1.165, 1.54) is 6.20 Å². The van der Waals surface area contributed by atoms with E-state index in [1.54, 1.807) is 25.3 Å². The molecule has 1 aromatic carbocycles. The number of ether oxygens (including phenoxy) is 2. The van der Waals surface area contributed by atoms with E-state index >= 15 is 0 Å². The third kappa shape index (κ3) is 5.69. The van der Waals surface area contributed by atoms with Gasteiger partial charge < -0.3 is 19.9 Å². The first kappa shape index (κ1) is 21.6. The Kier molecular flexibility index (Phi) is 7.47. The fourth-order valence-electron chi connectivity index (χ4n) is 3.32. The van der Waals surface area contributed by atoms with E-state index in [-0.39, 0.29) is 18.1 Å². The Labute approximate surface area is 176 Å². The Bertz CT molecular complexity index is 828. The lowest BCUT2D eigenvalue weighted by Crippen LogP contribution is -2.45. The molecule has 0 saturated heterocycles. The lowest BCUT2D eigenvalue weighted by atomic mass is 9.92. The molecule has 3 atom stereocenters. The van der Waals surface area contributed by atoms with Gasteiger partial charge in [0.15, 0.2) is 0 Å². The largest absolute Gasteiger partial charge is 0.474 e. The van der Waals surface area contributed by atoms with Crippen LogP contribution in [0.1, 0.15) is 43.0 Å². The van der Waals surface area contributed by atoms with E-state index in [2.05, 4.69) is 10.3 Å². The molecule has 1 saturated carbocycles. The van der Waals surface area contributed by atoms with Gasteiger partial charge in [-0.1, -0.05) is 36.6 Å². The van der Waals surface area contributed by atoms with Gasteiger partial charge >= 0.3 is 0 Å². The third-order valence-corrected chi connectivity index (χ3v) is 5.42. The van der Waals surface area contributed by atoms with Crippen LogP contribution in [0.4, 0.5) is 0 Å². The fraction of sp³-hybridized carbons (Fsp3) is 0.455. The summed E-state index contributed by atoms with van der Waals surface area (Å²) in [6, 6.07) is 8.81. The number of aliphatic hydroxyl groups excluding tert-OH is 1. The molecular weight excluding hydrogens is 392 g/mol. The maximum Gasteiger partial charge on any atom is 0.253 e. The van der Waals surface area contributed by atoms with Crippen molar-refractivity contribution in [3.05, 3.63) is 47.1 Å². The first-order valence-corrected chi connectivity index (χ1v) is 10.3. The van der Waals surface area contributed by atoms with Crippen molar-refractivity contribution >= 4 is 17.5 Å². The van der Waals surface area contributed by atoms with Crippen molar-refractivity contribution in [2.75, 3.05) is 13.7 Å². The van der Waals surface area contributed by atoms with E-state index < -0.39 is 6.10 Å². The molecule has 1 amide bonds. The number of hydrogen-bond acceptors (Lipinski definition) is 5. The van der Waals surface area contributed by atoms with E-state index in [9.17, 15) is 9.90 Å². The second kappa shape index (κ2) is 10.1. The maximum absolute atomic E-state index is 12.8. The molecule has 0 bridgehead atoms. The lowest BCUT2D eigenvalue weighted by Gasteiger charge is -2.28. The number of benzene rings is 1. The number of amides is 1. The Morgan fingerprint density at radius 3 is 2.72 bits per heavy atom. The summed E-state index contributed by atoms with van der Waals surface area (Å²) in [5.74, 6) is 0.168. The minimum Gasteiger partial charge on any atom is -0.474 e. The second-order valence-corrected chi connectivity index (χ2v) is 7.81. The topological polar surface area (TPSA) is 80.7 Å². The lowest BCUT2D eigenvalue weighted by molar-refractivity contribution is 0.0698. The van der Waals surface area contributed by atoms with Crippen LogP contribution in [0.2, 0.25) is 5.02 Å². The van der Waals surface area contributed by atoms with Crippen molar-refractivity contribution in [2.45, 2.75) is 50.9 Å². The van der Waals surface area contributed by atoms with Gasteiger partial charge in [-0.3, -0.25) is 4.79 Å². The number of carbonyl (C=O) groups excluding carboxylic acids is 1. The van der Waals surface area contributed by atoms with Crippen LogP contribution in [-0.4, -0.2) is 48.0 Å². The van der Waals surface area contributed by atoms with Gasteiger partial charge in [-0.15, -0.1) is 0 Å². The summed E-state index contributed by atoms with van der Waals surface area (Å²) >= 11 is 6.01. The number of halogens is 1. The quantitative estimate of drug-likeness (QED) is 0.713. The van der Waals surface area contributed by atoms with E-state index in [1.807, 2.05) is 19.1 Å². The Morgan fingerprint density at radius 2 is 2.03 bits per heavy atom. The normalized spacial score (nSPS) is 20.1. The van der Waals surface area contributed by atoms with Crippen molar-refractivity contribution in [3.8, 4) is 17.0 Å². The third-order valence-electron chi connectivity index (χ3n) is 5.17. The predicted molar refractivity (Wildman–Crippen MR) is 112 cm³/mol. The number of hydrogen-bond donors (Lipinski definition) is 2. The van der Waals surface area contributed by atoms with Gasteiger partial charge in [0.25, 0.3) is 5.91 Å². The molecule has 0 aliphatic heterocycles. The zero-order valence-corrected chi connectivity index (χ0v) is 17.5. The highest BCUT2D eigenvalue weighted by Crippen LogP contribution is 2.30. The highest BCUT2D eigenvalue weighted by molar-refractivity contribution is 6.30. The highest BCUT2D eigenvalue weighted by atomic mass is 35.5. The molecule has 1 unspecified atom stereocenters. The standard InChI is InChI=1S/C22H27ClN2O4/c1-14(28-2)13-29-22-18(15-7-9-17(23)10-8-15)11-16(12-24-22)21(27)25-19-5-3-4-6-20(19)26/h7-12,14,19-20,26H,3-6,13H2,1-2H3,(H,25,27)/t14?,19-,20-/m1/s1. The van der Waals surface area contributed by atoms with E-state index in [0.29, 0.717) is 35.1 Å². The summed E-state index contributed by atoms with van der Waals surface area (Å²) in [4.78, 5) is 17.2. The zero-order chi connectivity index (χ0) is 20.8. The van der Waals surface area contributed by atoms with Crippen LogP contribution < -0.4 is 10.1 Å². The molecular formula is C22H27ClN2O4. The molecule has 29 heavy (non-hydrogen) atoms. The molecule has 3 rings (SSSR count). The van der Waals surface area contributed by atoms with Crippen molar-refractivity contribution in [1.82, 2.24) is 10.3 Å². The fourth-order valence-corrected chi connectivity index (χ4v) is 3.45. The SMILES string of the molecule is COC(C)COc1ncc(C(=O)N[C@@H]2CCCC[C@H]2O)cc1-c1ccc(Cl)cc1. The Morgan fingerprint density at radius 1 is 1.31 bits per heavy atom. The number of aliphatic hydroxyl groups is 1. The van der Waals surface area contributed by atoms with Crippen molar-refractivity contribution in [1.29, 1.82) is 0 Å². The monoisotopic (exact) mass is 418 g/mol. The molecule has 1 aliphatic rings. The molecule has 2 aromatic rings. The molecule has 1 heterocycles. The smallest absolute Gasteiger partial charge is 0.253 e. The molecule has 1 fully saturated rings. The minimum atomic E-state index is -0.505. The molecule has 2 N–H and O–H groups in total. The minimum absolute atomic E-state index is 0.0920. The van der Waals surface area contributed by atoms with Gasteiger partial charge in [0.2, 0.25) is 5.88 Å². The molecule has 1 aromatic heterocycles. The van der Waals surface area contributed by atoms with Gasteiger partial charge in [0.05, 0.1) is 23.8 Å². The average molecular weight is 419 g/mol. The number of aromatic nitrogens is 1. The second-order valence-electron chi connectivity index (χ2n) is 7.37. The van der Waals surface area contributed by atoms with Crippen LogP contribution in [0.3, 0.4) is 0 Å². The van der Waals surface area contributed by atoms with Crippen molar-refractivity contribution in [3.63, 3.8) is 0 Å². The number of pyridine rings is 1. The average Bonchev–Trinajstić information content (AvgIpc) is 2.74. The van der Waals surface area contributed by atoms with Crippen LogP contribution in [0, 0.1) is 0 Å². The van der Waals surface area contributed by atoms with Gasteiger partial charge in [-0.2, -0.15) is 0 Å². The molecule has 0 spiro atoms. The summed E-state index contributed by atoms with van der Waals surface area (Å²) in [5.41, 5.74) is 1.95. The summed E-state index contributed by atoms with van der Waals surface area (Å²) in [5, 5.41) is 13.7. The van der Waals surface area contributed by atoms with Gasteiger partial charge in [-0.05, 0) is 43.5 Å². The van der Waals surface area contributed by atoms with E-state index in [4.69, 9.17) is 21.1 Å². The number of carbonyl (C=O) groups is 1. The number of rotatable bonds is 7. The maximum atomic E-state index is 12.8. The molecule has 6 nitrogen and oxygen atoms in total. The zero-order valence-electron chi connectivity index (χ0n) is 16.7. The van der Waals surface area contributed by atoms with Crippen molar-refractivity contribution < 1.29 is 19.4 Å². The molecule has 7 heteroatoms.